The van der Waals surface area contributed by atoms with E-state index in [9.17, 15) is 9.59 Å². The fraction of sp³-hybridized carbons (Fsp3) is 0.474. The Balaban J connectivity index is 1.48. The number of nitrogens with one attached hydrogen (secondary N) is 3. The molecule has 0 aliphatic carbocycles. The summed E-state index contributed by atoms with van der Waals surface area (Å²) in [5, 5.41) is 7.05. The lowest BCUT2D eigenvalue weighted by Gasteiger charge is -2.29. The smallest absolute Gasteiger partial charge is 0.263 e. The second-order valence-corrected chi connectivity index (χ2v) is 8.20. The Morgan fingerprint density at radius 1 is 1.27 bits per heavy atom. The van der Waals surface area contributed by atoms with Crippen molar-refractivity contribution in [2.24, 2.45) is 0 Å². The van der Waals surface area contributed by atoms with Crippen molar-refractivity contribution in [1.29, 1.82) is 0 Å². The van der Waals surface area contributed by atoms with Crippen molar-refractivity contribution in [3.8, 4) is 0 Å². The van der Waals surface area contributed by atoms with Gasteiger partial charge in [-0.15, -0.1) is 11.3 Å². The van der Waals surface area contributed by atoms with Gasteiger partial charge in [0.15, 0.2) is 0 Å². The van der Waals surface area contributed by atoms with Crippen LogP contribution in [0.5, 0.6) is 0 Å². The molecule has 2 aromatic rings. The van der Waals surface area contributed by atoms with Crippen molar-refractivity contribution in [2.45, 2.75) is 32.2 Å². The molecule has 3 N–H and O–H groups in total. The van der Waals surface area contributed by atoms with Gasteiger partial charge in [0.2, 0.25) is 5.91 Å². The number of likely N-dealkylation sites (tertiary alicyclic amines) is 1. The number of fused-ring (bicyclic) bond motifs is 1. The highest BCUT2D eigenvalue weighted by Crippen LogP contribution is 2.34. The predicted octanol–water partition coefficient (Wildman–Crippen LogP) is 1.86. The van der Waals surface area contributed by atoms with E-state index in [0.717, 1.165) is 36.0 Å². The number of carbonyl (C=O) groups excluding carboxylic acids is 2. The lowest BCUT2D eigenvalue weighted by atomic mass is 10.0. The normalized spacial score (nSPS) is 20.1. The summed E-state index contributed by atoms with van der Waals surface area (Å²) in [4.78, 5) is 26.6. The topological polar surface area (TPSA) is 62.6 Å². The summed E-state index contributed by atoms with van der Waals surface area (Å²) in [5.74, 6) is -0.437. The maximum Gasteiger partial charge on any atom is 0.263 e. The minimum absolute atomic E-state index is 0.0224. The van der Waals surface area contributed by atoms with Gasteiger partial charge in [0.25, 0.3) is 5.91 Å². The fourth-order valence-electron chi connectivity index (χ4n) is 3.45. The third-order valence-corrected chi connectivity index (χ3v) is 6.49. The van der Waals surface area contributed by atoms with Crippen LogP contribution in [0.4, 0.5) is 0 Å². The monoisotopic (exact) mass is 394 g/mol. The molecule has 1 fully saturated rings. The zero-order valence-corrected chi connectivity index (χ0v) is 16.5. The Morgan fingerprint density at radius 2 is 2.00 bits per heavy atom. The molecular formula is C19H25ClN3O2S+. The number of halogens is 1. The first kappa shape index (κ1) is 19.1. The molecule has 0 spiro atoms. The summed E-state index contributed by atoms with van der Waals surface area (Å²) in [6, 6.07) is 7.85. The van der Waals surface area contributed by atoms with Crippen LogP contribution in [0.2, 0.25) is 5.02 Å². The summed E-state index contributed by atoms with van der Waals surface area (Å²) in [7, 11) is 0. The van der Waals surface area contributed by atoms with E-state index in [1.54, 1.807) is 4.90 Å². The van der Waals surface area contributed by atoms with Crippen LogP contribution < -0.4 is 15.5 Å². The van der Waals surface area contributed by atoms with E-state index < -0.39 is 0 Å². The van der Waals surface area contributed by atoms with E-state index in [4.69, 9.17) is 11.6 Å². The second-order valence-electron chi connectivity index (χ2n) is 6.77. The largest absolute Gasteiger partial charge is 0.351 e. The van der Waals surface area contributed by atoms with Crippen LogP contribution in [-0.4, -0.2) is 44.0 Å². The first-order valence-corrected chi connectivity index (χ1v) is 10.4. The molecule has 1 saturated heterocycles. The molecule has 0 saturated carbocycles. The van der Waals surface area contributed by atoms with Gasteiger partial charge in [-0.05, 0) is 12.5 Å². The quantitative estimate of drug-likeness (QED) is 0.700. The highest BCUT2D eigenvalue weighted by Gasteiger charge is 2.23. The van der Waals surface area contributed by atoms with Crippen molar-refractivity contribution in [2.75, 3.05) is 26.2 Å². The average Bonchev–Trinajstić information content (AvgIpc) is 2.99. The maximum atomic E-state index is 12.4. The Morgan fingerprint density at radius 3 is 2.69 bits per heavy atom. The predicted molar refractivity (Wildman–Crippen MR) is 106 cm³/mol. The Labute approximate surface area is 162 Å². The number of hydrogen-bond donors (Lipinski definition) is 3. The summed E-state index contributed by atoms with van der Waals surface area (Å²) >= 11 is 7.65. The van der Waals surface area contributed by atoms with Crippen molar-refractivity contribution in [3.63, 3.8) is 0 Å². The first-order chi connectivity index (χ1) is 12.6. The molecule has 2 amide bonds. The molecule has 140 valence electrons. The van der Waals surface area contributed by atoms with Crippen molar-refractivity contribution in [1.82, 2.24) is 10.6 Å². The molecule has 2 heterocycles. The number of quaternary nitrogens is 1. The van der Waals surface area contributed by atoms with E-state index in [1.807, 2.05) is 24.3 Å². The lowest BCUT2D eigenvalue weighted by molar-refractivity contribution is -0.905. The van der Waals surface area contributed by atoms with E-state index in [1.165, 1.54) is 24.3 Å². The number of carbonyl (C=O) groups is 2. The van der Waals surface area contributed by atoms with Gasteiger partial charge >= 0.3 is 0 Å². The zero-order chi connectivity index (χ0) is 18.5. The minimum atomic E-state index is -0.298. The van der Waals surface area contributed by atoms with Crippen molar-refractivity contribution in [3.05, 3.63) is 34.2 Å². The molecule has 0 bridgehead atoms. The third kappa shape index (κ3) is 4.55. The summed E-state index contributed by atoms with van der Waals surface area (Å²) in [5.41, 5.74) is 0. The van der Waals surface area contributed by atoms with Crippen LogP contribution in [-0.2, 0) is 4.79 Å². The maximum absolute atomic E-state index is 12.4. The van der Waals surface area contributed by atoms with Crippen LogP contribution in [0.3, 0.4) is 0 Å². The van der Waals surface area contributed by atoms with Gasteiger partial charge in [-0.1, -0.05) is 36.7 Å². The molecule has 0 unspecified atom stereocenters. The number of hydrogen-bond acceptors (Lipinski definition) is 3. The van der Waals surface area contributed by atoms with Crippen LogP contribution >= 0.6 is 22.9 Å². The molecule has 26 heavy (non-hydrogen) atoms. The highest BCUT2D eigenvalue weighted by molar-refractivity contribution is 7.21. The first-order valence-electron chi connectivity index (χ1n) is 9.16. The average molecular weight is 395 g/mol. The number of amides is 2. The summed E-state index contributed by atoms with van der Waals surface area (Å²) in [6.45, 7) is 5.58. The van der Waals surface area contributed by atoms with Gasteiger partial charge in [0.05, 0.1) is 31.2 Å². The van der Waals surface area contributed by atoms with E-state index in [-0.39, 0.29) is 24.4 Å². The third-order valence-electron chi connectivity index (χ3n) is 4.81. The van der Waals surface area contributed by atoms with Gasteiger partial charge in [-0.25, -0.2) is 0 Å². The molecule has 0 atom stereocenters. The highest BCUT2D eigenvalue weighted by atomic mass is 35.5. The summed E-state index contributed by atoms with van der Waals surface area (Å²) < 4.78 is 0.966. The molecule has 5 nitrogen and oxygen atoms in total. The SMILES string of the molecule is CCC[NH+]1CCC(NC(=O)CNC(=O)c2sc3ccccc3c2Cl)CC1. The van der Waals surface area contributed by atoms with Gasteiger partial charge in [-0.3, -0.25) is 9.59 Å². The van der Waals surface area contributed by atoms with Gasteiger partial charge in [-0.2, -0.15) is 0 Å². The number of piperidine rings is 1. The standard InChI is InChI=1S/C19H24ClN3O2S/c1-2-9-23-10-7-13(8-11-23)22-16(24)12-21-19(25)18-17(20)14-5-3-4-6-15(14)26-18/h3-6,13H,2,7-12H2,1H3,(H,21,25)(H,22,24)/p+1. The van der Waals surface area contributed by atoms with E-state index >= 15 is 0 Å². The Kier molecular flexibility index (Phi) is 6.51. The number of rotatable bonds is 6. The molecule has 1 aliphatic heterocycles. The Hall–Kier alpha value is -1.63. The van der Waals surface area contributed by atoms with Crippen LogP contribution in [0.25, 0.3) is 10.1 Å². The minimum Gasteiger partial charge on any atom is -0.351 e. The molecule has 1 aliphatic rings. The number of thiophene rings is 1. The van der Waals surface area contributed by atoms with Gasteiger partial charge in [0.1, 0.15) is 4.88 Å². The fourth-order valence-corrected chi connectivity index (χ4v) is 4.89. The molecule has 1 aromatic heterocycles. The number of benzene rings is 1. The van der Waals surface area contributed by atoms with Crippen molar-refractivity contribution >= 4 is 44.8 Å². The zero-order valence-electron chi connectivity index (χ0n) is 14.9. The van der Waals surface area contributed by atoms with Gasteiger partial charge < -0.3 is 15.5 Å². The van der Waals surface area contributed by atoms with Gasteiger partial charge in [0, 0.05) is 29.0 Å². The van der Waals surface area contributed by atoms with E-state index in [2.05, 4.69) is 17.6 Å². The molecule has 7 heteroatoms. The lowest BCUT2D eigenvalue weighted by Crippen LogP contribution is -3.13. The molecule has 1 aromatic carbocycles. The molecule has 0 radical (unpaired) electrons. The second kappa shape index (κ2) is 8.84. The summed E-state index contributed by atoms with van der Waals surface area (Å²) in [6.07, 6.45) is 3.19. The van der Waals surface area contributed by atoms with Crippen molar-refractivity contribution < 1.29 is 14.5 Å². The van der Waals surface area contributed by atoms with E-state index in [0.29, 0.717) is 9.90 Å². The van der Waals surface area contributed by atoms with Crippen LogP contribution in [0.15, 0.2) is 24.3 Å². The van der Waals surface area contributed by atoms with Crippen LogP contribution in [0, 0.1) is 0 Å². The molecular weight excluding hydrogens is 370 g/mol. The molecule has 3 rings (SSSR count). The Bertz CT molecular complexity index is 784. The van der Waals surface area contributed by atoms with Crippen LogP contribution in [0.1, 0.15) is 35.9 Å².